The molecule has 0 fully saturated rings. The second-order valence-corrected chi connectivity index (χ2v) is 6.42. The lowest BCUT2D eigenvalue weighted by Gasteiger charge is -2.20. The zero-order chi connectivity index (χ0) is 14.7. The third-order valence-electron chi connectivity index (χ3n) is 4.62. The van der Waals surface area contributed by atoms with E-state index in [9.17, 15) is 0 Å². The Labute approximate surface area is 128 Å². The van der Waals surface area contributed by atoms with Crippen LogP contribution in [0.3, 0.4) is 0 Å². The Hall–Kier alpha value is -1.57. The minimum absolute atomic E-state index is 0.802. The number of hydrogen-bond acceptors (Lipinski definition) is 1. The van der Waals surface area contributed by atoms with Gasteiger partial charge in [-0.15, -0.1) is 0 Å². The van der Waals surface area contributed by atoms with E-state index in [1.54, 1.807) is 5.56 Å². The summed E-state index contributed by atoms with van der Waals surface area (Å²) >= 11 is 0. The molecule has 3 rings (SSSR count). The van der Waals surface area contributed by atoms with E-state index in [1.807, 2.05) is 0 Å². The van der Waals surface area contributed by atoms with Crippen LogP contribution in [0.4, 0.5) is 0 Å². The second kappa shape index (κ2) is 6.46. The summed E-state index contributed by atoms with van der Waals surface area (Å²) < 4.78 is 2.21. The molecular weight excluding hydrogens is 256 g/mol. The van der Waals surface area contributed by atoms with Crippen molar-refractivity contribution in [3.05, 3.63) is 47.3 Å². The van der Waals surface area contributed by atoms with Crippen molar-refractivity contribution in [2.24, 2.45) is 5.92 Å². The molecule has 0 saturated heterocycles. The smallest absolute Gasteiger partial charge is 0.0664 e. The van der Waals surface area contributed by atoms with Gasteiger partial charge in [-0.3, -0.25) is 0 Å². The van der Waals surface area contributed by atoms with Crippen LogP contribution < -0.4 is 0 Å². The number of aromatic nitrogens is 2. The van der Waals surface area contributed by atoms with Crippen molar-refractivity contribution in [3.63, 3.8) is 0 Å². The summed E-state index contributed by atoms with van der Waals surface area (Å²) in [6.45, 7) is 4.64. The molecule has 1 heterocycles. The Balaban J connectivity index is 1.95. The Bertz CT molecular complexity index is 583. The number of aryl methyl sites for hydroxylation is 1. The molecule has 1 aliphatic carbocycles. The monoisotopic (exact) mass is 282 g/mol. The van der Waals surface area contributed by atoms with Crippen LogP contribution in [0, 0.1) is 5.92 Å². The lowest BCUT2D eigenvalue weighted by Crippen LogP contribution is -2.14. The van der Waals surface area contributed by atoms with E-state index >= 15 is 0 Å². The molecule has 1 atom stereocenters. The molecule has 112 valence electrons. The molecule has 1 aromatic heterocycles. The van der Waals surface area contributed by atoms with Gasteiger partial charge in [-0.1, -0.05) is 44.9 Å². The lowest BCUT2D eigenvalue weighted by molar-refractivity contribution is 0.490. The van der Waals surface area contributed by atoms with Crippen LogP contribution >= 0.6 is 0 Å². The first-order valence-corrected chi connectivity index (χ1v) is 8.44. The summed E-state index contributed by atoms with van der Waals surface area (Å²) in [5, 5.41) is 4.98. The van der Waals surface area contributed by atoms with Gasteiger partial charge in [0.15, 0.2) is 0 Å². The maximum atomic E-state index is 4.98. The van der Waals surface area contributed by atoms with Crippen LogP contribution in [-0.2, 0) is 19.3 Å². The first kappa shape index (κ1) is 14.4. The summed E-state index contributed by atoms with van der Waals surface area (Å²) in [6.07, 6.45) is 8.67. The molecule has 2 aromatic rings. The van der Waals surface area contributed by atoms with Gasteiger partial charge in [-0.2, -0.15) is 5.10 Å². The first-order chi connectivity index (χ1) is 10.3. The highest BCUT2D eigenvalue weighted by Gasteiger charge is 2.24. The normalized spacial score (nSPS) is 17.7. The number of rotatable bonds is 5. The third kappa shape index (κ3) is 3.04. The fourth-order valence-electron chi connectivity index (χ4n) is 3.39. The van der Waals surface area contributed by atoms with Gasteiger partial charge in [-0.25, -0.2) is 4.68 Å². The highest BCUT2D eigenvalue weighted by Crippen LogP contribution is 2.30. The van der Waals surface area contributed by atoms with E-state index in [2.05, 4.69) is 48.9 Å². The second-order valence-electron chi connectivity index (χ2n) is 6.42. The molecule has 0 N–H and O–H groups in total. The maximum absolute atomic E-state index is 4.98. The number of fused-ring (bicyclic) bond motifs is 1. The van der Waals surface area contributed by atoms with E-state index in [0.29, 0.717) is 0 Å². The SMILES string of the molecule is CCCCCc1nn(-c2ccccc2)c2c1CC(C)CC2. The van der Waals surface area contributed by atoms with Crippen molar-refractivity contribution in [2.45, 2.75) is 58.8 Å². The Morgan fingerprint density at radius 2 is 2.00 bits per heavy atom. The Morgan fingerprint density at radius 1 is 1.19 bits per heavy atom. The van der Waals surface area contributed by atoms with Gasteiger partial charge in [0.1, 0.15) is 0 Å². The van der Waals surface area contributed by atoms with E-state index in [0.717, 1.165) is 12.3 Å². The fraction of sp³-hybridized carbons (Fsp3) is 0.526. The van der Waals surface area contributed by atoms with Crippen LogP contribution in [0.25, 0.3) is 5.69 Å². The molecule has 0 aliphatic heterocycles. The number of benzene rings is 1. The largest absolute Gasteiger partial charge is 0.237 e. The van der Waals surface area contributed by atoms with Crippen molar-refractivity contribution in [3.8, 4) is 5.69 Å². The fourth-order valence-corrected chi connectivity index (χ4v) is 3.39. The molecule has 1 aliphatic rings. The third-order valence-corrected chi connectivity index (χ3v) is 4.62. The van der Waals surface area contributed by atoms with Crippen molar-refractivity contribution in [1.29, 1.82) is 0 Å². The van der Waals surface area contributed by atoms with E-state index < -0.39 is 0 Å². The summed E-state index contributed by atoms with van der Waals surface area (Å²) in [5.41, 5.74) is 5.58. The van der Waals surface area contributed by atoms with Crippen LogP contribution in [0.5, 0.6) is 0 Å². The molecule has 0 amide bonds. The van der Waals surface area contributed by atoms with Crippen LogP contribution in [0.2, 0.25) is 0 Å². The molecule has 0 bridgehead atoms. The quantitative estimate of drug-likeness (QED) is 0.725. The van der Waals surface area contributed by atoms with Crippen LogP contribution in [0.15, 0.2) is 30.3 Å². The summed E-state index contributed by atoms with van der Waals surface area (Å²) in [7, 11) is 0. The van der Waals surface area contributed by atoms with E-state index in [4.69, 9.17) is 5.10 Å². The maximum Gasteiger partial charge on any atom is 0.0664 e. The van der Waals surface area contributed by atoms with Crippen molar-refractivity contribution in [2.75, 3.05) is 0 Å². The lowest BCUT2D eigenvalue weighted by atomic mass is 9.87. The van der Waals surface area contributed by atoms with Crippen molar-refractivity contribution in [1.82, 2.24) is 9.78 Å². The molecule has 1 aromatic carbocycles. The molecule has 2 nitrogen and oxygen atoms in total. The summed E-state index contributed by atoms with van der Waals surface area (Å²) in [4.78, 5) is 0. The van der Waals surface area contributed by atoms with Gasteiger partial charge >= 0.3 is 0 Å². The Morgan fingerprint density at radius 3 is 2.76 bits per heavy atom. The highest BCUT2D eigenvalue weighted by atomic mass is 15.3. The molecule has 0 radical (unpaired) electrons. The molecular formula is C19H26N2. The number of unbranched alkanes of at least 4 members (excludes halogenated alkanes) is 2. The van der Waals surface area contributed by atoms with Gasteiger partial charge in [0.2, 0.25) is 0 Å². The number of hydrogen-bond donors (Lipinski definition) is 0. The average molecular weight is 282 g/mol. The van der Waals surface area contributed by atoms with Gasteiger partial charge in [0, 0.05) is 5.69 Å². The van der Waals surface area contributed by atoms with Crippen molar-refractivity contribution < 1.29 is 0 Å². The summed E-state index contributed by atoms with van der Waals surface area (Å²) in [6, 6.07) is 10.6. The van der Waals surface area contributed by atoms with Gasteiger partial charge in [0.05, 0.1) is 11.4 Å². The van der Waals surface area contributed by atoms with E-state index in [1.165, 1.54) is 55.6 Å². The van der Waals surface area contributed by atoms with Crippen molar-refractivity contribution >= 4 is 0 Å². The van der Waals surface area contributed by atoms with Crippen LogP contribution in [0.1, 0.15) is 56.5 Å². The predicted octanol–water partition coefficient (Wildman–Crippen LogP) is 4.73. The highest BCUT2D eigenvalue weighted by molar-refractivity contribution is 5.39. The molecule has 1 unspecified atom stereocenters. The molecule has 2 heteroatoms. The average Bonchev–Trinajstić information content (AvgIpc) is 2.87. The first-order valence-electron chi connectivity index (χ1n) is 8.44. The molecule has 21 heavy (non-hydrogen) atoms. The topological polar surface area (TPSA) is 17.8 Å². The zero-order valence-electron chi connectivity index (χ0n) is 13.3. The minimum Gasteiger partial charge on any atom is -0.237 e. The number of para-hydroxylation sites is 1. The minimum atomic E-state index is 0.802. The van der Waals surface area contributed by atoms with Crippen LogP contribution in [-0.4, -0.2) is 9.78 Å². The molecule has 0 saturated carbocycles. The van der Waals surface area contributed by atoms with Gasteiger partial charge in [0.25, 0.3) is 0 Å². The standard InChI is InChI=1S/C19H26N2/c1-3-4-6-11-18-17-14-15(2)12-13-19(17)21(20-18)16-9-7-5-8-10-16/h5,7-10,15H,3-4,6,11-14H2,1-2H3. The summed E-state index contributed by atoms with van der Waals surface area (Å²) in [5.74, 6) is 0.802. The Kier molecular flexibility index (Phi) is 4.42. The van der Waals surface area contributed by atoms with Gasteiger partial charge in [-0.05, 0) is 55.7 Å². The van der Waals surface area contributed by atoms with E-state index in [-0.39, 0.29) is 0 Å². The predicted molar refractivity (Wildman–Crippen MR) is 88.0 cm³/mol. The molecule has 0 spiro atoms. The van der Waals surface area contributed by atoms with Gasteiger partial charge < -0.3 is 0 Å². The number of nitrogens with zero attached hydrogens (tertiary/aromatic N) is 2. The zero-order valence-corrected chi connectivity index (χ0v) is 13.3.